The summed E-state index contributed by atoms with van der Waals surface area (Å²) in [7, 11) is 0. The number of amides is 2. The number of carbonyl (C=O) groups is 1. The van der Waals surface area contributed by atoms with E-state index >= 15 is 4.39 Å². The lowest BCUT2D eigenvalue weighted by Crippen LogP contribution is -2.60. The molecule has 4 saturated heterocycles. The van der Waals surface area contributed by atoms with Gasteiger partial charge < -0.3 is 25.4 Å². The number of benzene rings is 2. The first-order valence-corrected chi connectivity index (χ1v) is 15.6. The molecule has 0 saturated carbocycles. The molecule has 4 fully saturated rings. The van der Waals surface area contributed by atoms with Crippen molar-refractivity contribution in [2.75, 3.05) is 37.7 Å². The van der Waals surface area contributed by atoms with Crippen molar-refractivity contribution in [1.29, 1.82) is 5.26 Å². The van der Waals surface area contributed by atoms with E-state index in [0.717, 1.165) is 44.2 Å². The van der Waals surface area contributed by atoms with Crippen LogP contribution in [0.25, 0.3) is 32.9 Å². The van der Waals surface area contributed by atoms with Gasteiger partial charge in [0.15, 0.2) is 12.0 Å². The Labute approximate surface area is 259 Å². The maximum absolute atomic E-state index is 16.8. The maximum Gasteiger partial charge on any atom is 0.319 e. The number of piperidine rings is 1. The number of carbonyl (C=O) groups excluding carboxylic acids is 1. The molecule has 6 heterocycles. The minimum absolute atomic E-state index is 0.0594. The van der Waals surface area contributed by atoms with Crippen LogP contribution in [-0.4, -0.2) is 81.1 Å². The molecule has 3 N–H and O–H groups in total. The monoisotopic (exact) mass is 608 g/mol. The number of ether oxygens (including phenoxy) is 1. The third kappa shape index (κ3) is 4.44. The number of hydrogen-bond donors (Lipinski definition) is 3. The highest BCUT2D eigenvalue weighted by Gasteiger charge is 2.49. The second kappa shape index (κ2) is 10.5. The number of nitrogens with zero attached hydrogens (tertiary/aromatic N) is 6. The van der Waals surface area contributed by atoms with Gasteiger partial charge in [-0.05, 0) is 63.1 Å². The predicted molar refractivity (Wildman–Crippen MR) is 165 cm³/mol. The van der Waals surface area contributed by atoms with Crippen LogP contribution in [0.4, 0.5) is 15.0 Å². The summed E-state index contributed by atoms with van der Waals surface area (Å²) < 4.78 is 23.1. The minimum Gasteiger partial charge on any atom is -0.461 e. The highest BCUT2D eigenvalue weighted by Crippen LogP contribution is 2.41. The molecule has 8 rings (SSSR count). The molecular weight excluding hydrogens is 575 g/mol. The van der Waals surface area contributed by atoms with E-state index in [-0.39, 0.29) is 29.3 Å². The fraction of sp³-hybridized carbons (Fsp3) is 0.424. The van der Waals surface area contributed by atoms with Crippen LogP contribution >= 0.6 is 0 Å². The maximum atomic E-state index is 16.8. The standard InChI is InChI=1S/C33H33FN8O3/c34-25-26(22-9-2-7-20-6-1-8-21(16-35)24(20)22)36-17-23-27(25)37-31(45-19-32-10-3-14-42(32)15-4-11-32)38-28(23)41-13-5-12-33(18-41)29(43)39-30(44)40-33/h1-2,6-9,17,29,43H,3-5,10-15,18-19H2,(H2,39,40,44)/t29-,33?/m1/s1. The van der Waals surface area contributed by atoms with Gasteiger partial charge in [-0.25, -0.2) is 9.18 Å². The molecule has 4 aromatic rings. The lowest BCUT2D eigenvalue weighted by molar-refractivity contribution is 0.0708. The van der Waals surface area contributed by atoms with Gasteiger partial charge in [0.1, 0.15) is 29.2 Å². The van der Waals surface area contributed by atoms with Crippen molar-refractivity contribution in [3.63, 3.8) is 0 Å². The van der Waals surface area contributed by atoms with Gasteiger partial charge in [-0.15, -0.1) is 0 Å². The first-order chi connectivity index (χ1) is 21.9. The lowest BCUT2D eigenvalue weighted by Gasteiger charge is -2.42. The van der Waals surface area contributed by atoms with Gasteiger partial charge >= 0.3 is 12.0 Å². The Morgan fingerprint density at radius 2 is 1.87 bits per heavy atom. The van der Waals surface area contributed by atoms with E-state index in [9.17, 15) is 15.2 Å². The number of urea groups is 1. The third-order valence-electron chi connectivity index (χ3n) is 10.2. The quantitative estimate of drug-likeness (QED) is 0.308. The van der Waals surface area contributed by atoms with Crippen molar-refractivity contribution >= 4 is 33.5 Å². The largest absolute Gasteiger partial charge is 0.461 e. The number of aliphatic hydroxyl groups excluding tert-OH is 1. The van der Waals surface area contributed by atoms with Crippen molar-refractivity contribution in [1.82, 2.24) is 30.5 Å². The molecule has 12 heteroatoms. The number of aliphatic hydroxyl groups is 1. The van der Waals surface area contributed by atoms with E-state index in [0.29, 0.717) is 53.7 Å². The van der Waals surface area contributed by atoms with Gasteiger partial charge in [0.05, 0.1) is 22.6 Å². The summed E-state index contributed by atoms with van der Waals surface area (Å²) in [5, 5.41) is 27.9. The molecule has 11 nitrogen and oxygen atoms in total. The van der Waals surface area contributed by atoms with Crippen LogP contribution in [0, 0.1) is 17.1 Å². The molecule has 1 unspecified atom stereocenters. The van der Waals surface area contributed by atoms with Crippen molar-refractivity contribution < 1.29 is 19.0 Å². The number of halogens is 1. The molecular formula is C33H33FN8O3. The number of nitriles is 1. The summed E-state index contributed by atoms with van der Waals surface area (Å²) in [5.74, 6) is -0.200. The van der Waals surface area contributed by atoms with Gasteiger partial charge in [-0.3, -0.25) is 9.88 Å². The molecule has 45 heavy (non-hydrogen) atoms. The minimum atomic E-state index is -1.08. The van der Waals surface area contributed by atoms with Crippen LogP contribution in [0.1, 0.15) is 44.1 Å². The fourth-order valence-electron chi connectivity index (χ4n) is 7.99. The predicted octanol–water partition coefficient (Wildman–Crippen LogP) is 3.83. The third-order valence-corrected chi connectivity index (χ3v) is 10.2. The zero-order valence-corrected chi connectivity index (χ0v) is 24.7. The summed E-state index contributed by atoms with van der Waals surface area (Å²) >= 11 is 0. The molecule has 2 atom stereocenters. The SMILES string of the molecule is N#Cc1cccc2cccc(-c3ncc4c(N5CCCC6(C5)NC(=O)N[C@@H]6O)nc(OCC56CCCN5CCC6)nc4c3F)c12. The number of fused-ring (bicyclic) bond motifs is 3. The summed E-state index contributed by atoms with van der Waals surface area (Å²) in [6.45, 7) is 3.34. The van der Waals surface area contributed by atoms with Crippen molar-refractivity contribution in [3.05, 3.63) is 54.0 Å². The molecule has 0 aliphatic carbocycles. The second-order valence-electron chi connectivity index (χ2n) is 12.7. The first kappa shape index (κ1) is 27.9. The second-order valence-corrected chi connectivity index (χ2v) is 12.7. The molecule has 4 aliphatic rings. The average molecular weight is 609 g/mol. The molecule has 2 amide bonds. The summed E-state index contributed by atoms with van der Waals surface area (Å²) in [6, 6.07) is 12.7. The number of anilines is 1. The van der Waals surface area contributed by atoms with Crippen molar-refractivity contribution in [2.45, 2.75) is 55.8 Å². The van der Waals surface area contributed by atoms with Crippen LogP contribution < -0.4 is 20.3 Å². The van der Waals surface area contributed by atoms with E-state index in [1.54, 1.807) is 24.4 Å². The van der Waals surface area contributed by atoms with Gasteiger partial charge in [0.25, 0.3) is 0 Å². The Morgan fingerprint density at radius 3 is 2.62 bits per heavy atom. The molecule has 2 aromatic heterocycles. The first-order valence-electron chi connectivity index (χ1n) is 15.6. The van der Waals surface area contributed by atoms with E-state index < -0.39 is 23.6 Å². The highest BCUT2D eigenvalue weighted by atomic mass is 19.1. The van der Waals surface area contributed by atoms with Crippen LogP contribution in [-0.2, 0) is 0 Å². The zero-order chi connectivity index (χ0) is 30.8. The number of aromatic nitrogens is 3. The van der Waals surface area contributed by atoms with Crippen molar-refractivity contribution in [3.8, 4) is 23.3 Å². The molecule has 0 bridgehead atoms. The Balaban J connectivity index is 1.26. The number of rotatable bonds is 5. The molecule has 230 valence electrons. The lowest BCUT2D eigenvalue weighted by atomic mass is 9.88. The zero-order valence-electron chi connectivity index (χ0n) is 24.7. The summed E-state index contributed by atoms with van der Waals surface area (Å²) in [5.41, 5.74) is 0.100. The number of hydrogen-bond acceptors (Lipinski definition) is 9. The molecule has 2 aromatic carbocycles. The van der Waals surface area contributed by atoms with E-state index in [1.807, 2.05) is 23.1 Å². The van der Waals surface area contributed by atoms with Gasteiger partial charge in [-0.1, -0.05) is 30.3 Å². The topological polar surface area (TPSA) is 140 Å². The van der Waals surface area contributed by atoms with Gasteiger partial charge in [-0.2, -0.15) is 15.2 Å². The molecule has 0 radical (unpaired) electrons. The summed E-state index contributed by atoms with van der Waals surface area (Å²) in [4.78, 5) is 30.6. The Bertz CT molecular complexity index is 1880. The normalized spacial score (nSPS) is 24.2. The Kier molecular flexibility index (Phi) is 6.51. The van der Waals surface area contributed by atoms with Crippen LogP contribution in [0.5, 0.6) is 6.01 Å². The highest BCUT2D eigenvalue weighted by molar-refractivity contribution is 6.01. The number of pyridine rings is 1. The Hall–Kier alpha value is -4.60. The Morgan fingerprint density at radius 1 is 1.09 bits per heavy atom. The molecule has 4 aliphatic heterocycles. The summed E-state index contributed by atoms with van der Waals surface area (Å²) in [6.07, 6.45) is 6.04. The van der Waals surface area contributed by atoms with Crippen LogP contribution in [0.15, 0.2) is 42.6 Å². The average Bonchev–Trinajstić information content (AvgIpc) is 3.71. The van der Waals surface area contributed by atoms with Gasteiger partial charge in [0.2, 0.25) is 0 Å². The fourth-order valence-corrected chi connectivity index (χ4v) is 7.99. The molecule has 1 spiro atoms. The van der Waals surface area contributed by atoms with E-state index in [1.165, 1.54) is 0 Å². The van der Waals surface area contributed by atoms with Crippen LogP contribution in [0.2, 0.25) is 0 Å². The van der Waals surface area contributed by atoms with E-state index in [2.05, 4.69) is 31.6 Å². The van der Waals surface area contributed by atoms with Gasteiger partial charge in [0, 0.05) is 30.2 Å². The van der Waals surface area contributed by atoms with Crippen LogP contribution in [0.3, 0.4) is 0 Å². The van der Waals surface area contributed by atoms with E-state index in [4.69, 9.17) is 9.72 Å². The smallest absolute Gasteiger partial charge is 0.319 e. The van der Waals surface area contributed by atoms with Crippen molar-refractivity contribution in [2.24, 2.45) is 0 Å². The number of nitrogens with one attached hydrogen (secondary N) is 2.